The molecule has 0 fully saturated rings. The minimum Gasteiger partial charge on any atom is -0.381 e. The second-order valence-electron chi connectivity index (χ2n) is 4.38. The van der Waals surface area contributed by atoms with Gasteiger partial charge in [-0.25, -0.2) is 14.4 Å². The summed E-state index contributed by atoms with van der Waals surface area (Å²) in [5, 5.41) is 3.36. The van der Waals surface area contributed by atoms with Gasteiger partial charge < -0.3 is 11.1 Å². The van der Waals surface area contributed by atoms with Gasteiger partial charge in [-0.2, -0.15) is 0 Å². The number of thioether (sulfide) groups is 1. The number of nitrogen functional groups attached to an aromatic ring is 1. The van der Waals surface area contributed by atoms with Gasteiger partial charge in [-0.05, 0) is 24.6 Å². The molecule has 7 heteroatoms. The van der Waals surface area contributed by atoms with Crippen LogP contribution in [0, 0.1) is 5.82 Å². The number of benzene rings is 1. The van der Waals surface area contributed by atoms with Crippen LogP contribution in [0.25, 0.3) is 0 Å². The van der Waals surface area contributed by atoms with Crippen molar-refractivity contribution in [3.05, 3.63) is 48.0 Å². The molecule has 0 aliphatic heterocycles. The number of nitrogens with zero attached hydrogens (tertiary/aromatic N) is 2. The minimum absolute atomic E-state index is 0.151. The number of carbonyl (C=O) groups is 1. The highest BCUT2D eigenvalue weighted by atomic mass is 32.2. The molecule has 0 aliphatic carbocycles. The van der Waals surface area contributed by atoms with Crippen LogP contribution in [0.2, 0.25) is 0 Å². The van der Waals surface area contributed by atoms with Crippen molar-refractivity contribution in [2.45, 2.75) is 18.0 Å². The lowest BCUT2D eigenvalue weighted by molar-refractivity contribution is -0.119. The number of hydrogen-bond acceptors (Lipinski definition) is 5. The summed E-state index contributed by atoms with van der Waals surface area (Å²) in [5.74, 6) is 0.0451. The highest BCUT2D eigenvalue weighted by Gasteiger charge is 2.11. The molecule has 0 saturated carbocycles. The molecule has 21 heavy (non-hydrogen) atoms. The summed E-state index contributed by atoms with van der Waals surface area (Å²) < 4.78 is 12.8. The summed E-state index contributed by atoms with van der Waals surface area (Å²) in [6.07, 6.45) is 3.02. The lowest BCUT2D eigenvalue weighted by Gasteiger charge is -2.14. The molecule has 0 spiro atoms. The van der Waals surface area contributed by atoms with Crippen LogP contribution in [-0.2, 0) is 4.79 Å². The number of anilines is 1. The zero-order valence-corrected chi connectivity index (χ0v) is 12.2. The Balaban J connectivity index is 1.87. The maximum Gasteiger partial charge on any atom is 0.230 e. The minimum atomic E-state index is -0.300. The molecular formula is C14H15FN4OS. The number of hydrogen-bond donors (Lipinski definition) is 2. The molecule has 1 atom stereocenters. The monoisotopic (exact) mass is 306 g/mol. The van der Waals surface area contributed by atoms with Crippen LogP contribution in [0.3, 0.4) is 0 Å². The van der Waals surface area contributed by atoms with E-state index < -0.39 is 0 Å². The quantitative estimate of drug-likeness (QED) is 0.827. The topological polar surface area (TPSA) is 80.9 Å². The van der Waals surface area contributed by atoms with E-state index in [0.717, 1.165) is 5.56 Å². The van der Waals surface area contributed by atoms with Gasteiger partial charge in [0.15, 0.2) is 5.82 Å². The lowest BCUT2D eigenvalue weighted by atomic mass is 10.1. The predicted molar refractivity (Wildman–Crippen MR) is 80.1 cm³/mol. The fourth-order valence-electron chi connectivity index (χ4n) is 1.70. The average molecular weight is 306 g/mol. The highest BCUT2D eigenvalue weighted by Crippen LogP contribution is 2.20. The Morgan fingerprint density at radius 3 is 2.67 bits per heavy atom. The zero-order chi connectivity index (χ0) is 15.2. The van der Waals surface area contributed by atoms with E-state index in [9.17, 15) is 9.18 Å². The van der Waals surface area contributed by atoms with Gasteiger partial charge in [0.05, 0.1) is 11.8 Å². The third-order valence-corrected chi connectivity index (χ3v) is 3.77. The Hall–Kier alpha value is -2.15. The molecule has 0 bridgehead atoms. The molecule has 1 aromatic carbocycles. The van der Waals surface area contributed by atoms with E-state index in [0.29, 0.717) is 10.8 Å². The summed E-state index contributed by atoms with van der Waals surface area (Å²) in [7, 11) is 0. The molecule has 0 saturated heterocycles. The molecule has 3 N–H and O–H groups in total. The van der Waals surface area contributed by atoms with Crippen molar-refractivity contribution in [3.8, 4) is 0 Å². The third kappa shape index (κ3) is 4.42. The Labute approximate surface area is 126 Å². The van der Waals surface area contributed by atoms with Gasteiger partial charge in [-0.15, -0.1) is 0 Å². The fourth-order valence-corrected chi connectivity index (χ4v) is 2.39. The van der Waals surface area contributed by atoms with Crippen LogP contribution in [0.15, 0.2) is 41.7 Å². The van der Waals surface area contributed by atoms with E-state index in [1.54, 1.807) is 12.1 Å². The van der Waals surface area contributed by atoms with Crippen molar-refractivity contribution in [2.75, 3.05) is 11.5 Å². The molecule has 1 heterocycles. The van der Waals surface area contributed by atoms with Gasteiger partial charge in [0.1, 0.15) is 10.8 Å². The van der Waals surface area contributed by atoms with Crippen molar-refractivity contribution in [2.24, 2.45) is 0 Å². The maximum absolute atomic E-state index is 12.8. The van der Waals surface area contributed by atoms with Gasteiger partial charge in [0, 0.05) is 12.4 Å². The number of carbonyl (C=O) groups excluding carboxylic acids is 1. The van der Waals surface area contributed by atoms with Gasteiger partial charge in [-0.1, -0.05) is 23.9 Å². The fraction of sp³-hybridized carbons (Fsp3) is 0.214. The smallest absolute Gasteiger partial charge is 0.230 e. The SMILES string of the molecule is CC(NC(=O)CSc1nccnc1N)c1ccc(F)cc1. The Kier molecular flexibility index (Phi) is 5.10. The number of aromatic nitrogens is 2. The van der Waals surface area contributed by atoms with Crippen LogP contribution in [0.4, 0.5) is 10.2 Å². The number of halogens is 1. The van der Waals surface area contributed by atoms with E-state index in [1.807, 2.05) is 6.92 Å². The molecule has 0 aliphatic rings. The van der Waals surface area contributed by atoms with Crippen LogP contribution in [-0.4, -0.2) is 21.6 Å². The van der Waals surface area contributed by atoms with E-state index >= 15 is 0 Å². The normalized spacial score (nSPS) is 11.9. The van der Waals surface area contributed by atoms with Gasteiger partial charge in [0.2, 0.25) is 5.91 Å². The van der Waals surface area contributed by atoms with E-state index in [-0.39, 0.29) is 23.5 Å². The van der Waals surface area contributed by atoms with Crippen molar-refractivity contribution in [1.82, 2.24) is 15.3 Å². The molecule has 1 unspecified atom stereocenters. The standard InChI is InChI=1S/C14H15FN4OS/c1-9(10-2-4-11(15)5-3-10)19-12(20)8-21-14-13(16)17-6-7-18-14/h2-7,9H,8H2,1H3,(H2,16,17)(H,19,20). The van der Waals surface area contributed by atoms with E-state index in [4.69, 9.17) is 5.73 Å². The van der Waals surface area contributed by atoms with Gasteiger partial charge in [0.25, 0.3) is 0 Å². The number of amides is 1. The Morgan fingerprint density at radius 1 is 1.33 bits per heavy atom. The van der Waals surface area contributed by atoms with Crippen LogP contribution >= 0.6 is 11.8 Å². The number of nitrogens with two attached hydrogens (primary N) is 1. The lowest BCUT2D eigenvalue weighted by Crippen LogP contribution is -2.28. The largest absolute Gasteiger partial charge is 0.381 e. The molecule has 2 aromatic rings. The first-order valence-corrected chi connectivity index (χ1v) is 7.29. The van der Waals surface area contributed by atoms with Crippen LogP contribution < -0.4 is 11.1 Å². The zero-order valence-electron chi connectivity index (χ0n) is 11.4. The number of nitrogens with one attached hydrogen (secondary N) is 1. The first-order chi connectivity index (χ1) is 10.1. The molecule has 2 rings (SSSR count). The second kappa shape index (κ2) is 7.03. The van der Waals surface area contributed by atoms with Crippen molar-refractivity contribution < 1.29 is 9.18 Å². The summed E-state index contributed by atoms with van der Waals surface area (Å²) in [6, 6.07) is 5.83. The van der Waals surface area contributed by atoms with Crippen molar-refractivity contribution in [1.29, 1.82) is 0 Å². The summed E-state index contributed by atoms with van der Waals surface area (Å²) in [4.78, 5) is 19.8. The molecule has 110 valence electrons. The first kappa shape index (κ1) is 15.2. The molecular weight excluding hydrogens is 291 g/mol. The van der Waals surface area contributed by atoms with Crippen LogP contribution in [0.1, 0.15) is 18.5 Å². The molecule has 1 amide bonds. The molecule has 0 radical (unpaired) electrons. The summed E-state index contributed by atoms with van der Waals surface area (Å²) >= 11 is 1.22. The van der Waals surface area contributed by atoms with E-state index in [2.05, 4.69) is 15.3 Å². The third-order valence-electron chi connectivity index (χ3n) is 2.78. The second-order valence-corrected chi connectivity index (χ2v) is 5.34. The van der Waals surface area contributed by atoms with Gasteiger partial charge in [-0.3, -0.25) is 4.79 Å². The predicted octanol–water partition coefficient (Wildman–Crippen LogP) is 2.17. The first-order valence-electron chi connectivity index (χ1n) is 6.30. The van der Waals surface area contributed by atoms with Crippen molar-refractivity contribution in [3.63, 3.8) is 0 Å². The molecule has 1 aromatic heterocycles. The summed E-state index contributed by atoms with van der Waals surface area (Å²) in [5.41, 5.74) is 6.49. The molecule has 5 nitrogen and oxygen atoms in total. The average Bonchev–Trinajstić information content (AvgIpc) is 2.47. The Morgan fingerprint density at radius 2 is 2.00 bits per heavy atom. The number of rotatable bonds is 5. The van der Waals surface area contributed by atoms with Crippen LogP contribution in [0.5, 0.6) is 0 Å². The highest BCUT2D eigenvalue weighted by molar-refractivity contribution is 8.00. The van der Waals surface area contributed by atoms with Gasteiger partial charge >= 0.3 is 0 Å². The maximum atomic E-state index is 12.8. The Bertz CT molecular complexity index is 621. The summed E-state index contributed by atoms with van der Waals surface area (Å²) in [6.45, 7) is 1.84. The van der Waals surface area contributed by atoms with E-state index in [1.165, 1.54) is 36.3 Å². The van der Waals surface area contributed by atoms with Crippen molar-refractivity contribution >= 4 is 23.5 Å².